The molecule has 0 aliphatic rings. The molecule has 2 heterocycles. The van der Waals surface area contributed by atoms with Crippen LogP contribution in [0.5, 0.6) is 11.8 Å². The van der Waals surface area contributed by atoms with Gasteiger partial charge in [-0.15, -0.1) is 11.3 Å². The molecule has 0 amide bonds. The summed E-state index contributed by atoms with van der Waals surface area (Å²) in [6.07, 6.45) is 1.61. The average molecular weight is 477 g/mol. The van der Waals surface area contributed by atoms with Crippen molar-refractivity contribution in [3.63, 3.8) is 0 Å². The first-order chi connectivity index (χ1) is 15.9. The maximum absolute atomic E-state index is 11.4. The minimum Gasteiger partial charge on any atom is -0.478 e. The van der Waals surface area contributed by atoms with Gasteiger partial charge < -0.3 is 14.8 Å². The van der Waals surface area contributed by atoms with Gasteiger partial charge in [-0.1, -0.05) is 48.0 Å². The summed E-state index contributed by atoms with van der Waals surface area (Å²) in [5, 5.41) is 9.92. The van der Waals surface area contributed by atoms with Crippen molar-refractivity contribution < 1.29 is 14.6 Å². The number of ether oxygens (including phenoxy) is 1. The number of carboxylic acids is 1. The molecule has 0 saturated carbocycles. The van der Waals surface area contributed by atoms with Crippen LogP contribution < -0.4 is 4.74 Å². The molecule has 0 fully saturated rings. The molecule has 4 aromatic rings. The van der Waals surface area contributed by atoms with E-state index in [2.05, 4.69) is 28.2 Å². The number of benzene rings is 2. The van der Waals surface area contributed by atoms with Gasteiger partial charge in [-0.2, -0.15) is 0 Å². The molecule has 166 valence electrons. The van der Waals surface area contributed by atoms with Crippen molar-refractivity contribution in [3.8, 4) is 32.6 Å². The Morgan fingerprint density at radius 1 is 1.00 bits per heavy atom. The van der Waals surface area contributed by atoms with E-state index in [-0.39, 0.29) is 11.6 Å². The first-order valence-corrected chi connectivity index (χ1v) is 11.4. The molecule has 0 aliphatic carbocycles. The van der Waals surface area contributed by atoms with E-state index in [0.29, 0.717) is 16.3 Å². The Bertz CT molecular complexity index is 1360. The van der Waals surface area contributed by atoms with Crippen LogP contribution in [0, 0.1) is 13.8 Å². The highest BCUT2D eigenvalue weighted by molar-refractivity contribution is 7.18. The van der Waals surface area contributed by atoms with Gasteiger partial charge in [-0.05, 0) is 61.4 Å². The summed E-state index contributed by atoms with van der Waals surface area (Å²) in [6.45, 7) is 3.59. The number of carboxylic acid groups (broad SMARTS) is 1. The van der Waals surface area contributed by atoms with Crippen molar-refractivity contribution in [1.82, 2.24) is 9.97 Å². The molecule has 0 bridgehead atoms. The lowest BCUT2D eigenvalue weighted by molar-refractivity contribution is 0.0695. The summed E-state index contributed by atoms with van der Waals surface area (Å²) in [7, 11) is 0. The minimum atomic E-state index is -1.01. The zero-order valence-corrected chi connectivity index (χ0v) is 19.6. The number of halogens is 1. The van der Waals surface area contributed by atoms with E-state index >= 15 is 0 Å². The Kier molecular flexibility index (Phi) is 6.77. The summed E-state index contributed by atoms with van der Waals surface area (Å²) < 4.78 is 5.83. The van der Waals surface area contributed by atoms with E-state index < -0.39 is 5.97 Å². The summed E-state index contributed by atoms with van der Waals surface area (Å²) in [6, 6.07) is 23.0. The molecule has 0 radical (unpaired) electrons. The molecule has 4 rings (SSSR count). The Hall–Kier alpha value is -3.61. The van der Waals surface area contributed by atoms with E-state index in [1.54, 1.807) is 36.6 Å². The monoisotopic (exact) mass is 476 g/mol. The predicted molar refractivity (Wildman–Crippen MR) is 133 cm³/mol. The number of thiophene rings is 1. The van der Waals surface area contributed by atoms with Gasteiger partial charge in [0, 0.05) is 27.2 Å². The predicted octanol–water partition coefficient (Wildman–Crippen LogP) is 7.69. The SMILES string of the molecule is Cc1cc(Cl)c(-c2ccc(-c3ccccc3)s2)ccnc(Oc2ccc(C)c(C(=O)O)c2)[nH]1. The van der Waals surface area contributed by atoms with Gasteiger partial charge in [-0.3, -0.25) is 0 Å². The largest absolute Gasteiger partial charge is 0.478 e. The lowest BCUT2D eigenvalue weighted by Crippen LogP contribution is -2.00. The number of aryl methyl sites for hydroxylation is 2. The fraction of sp³-hybridized carbons (Fsp3) is 0.0769. The van der Waals surface area contributed by atoms with Crippen LogP contribution in [0.25, 0.3) is 20.9 Å². The zero-order chi connectivity index (χ0) is 23.4. The van der Waals surface area contributed by atoms with Crippen LogP contribution in [0.1, 0.15) is 21.6 Å². The van der Waals surface area contributed by atoms with Crippen LogP contribution in [0.2, 0.25) is 5.02 Å². The Morgan fingerprint density at radius 3 is 2.52 bits per heavy atom. The van der Waals surface area contributed by atoms with E-state index in [0.717, 1.165) is 26.6 Å². The topological polar surface area (TPSA) is 75.2 Å². The van der Waals surface area contributed by atoms with Gasteiger partial charge in [0.2, 0.25) is 0 Å². The van der Waals surface area contributed by atoms with Gasteiger partial charge in [0.25, 0.3) is 6.01 Å². The maximum atomic E-state index is 11.4. The van der Waals surface area contributed by atoms with E-state index in [4.69, 9.17) is 16.3 Å². The molecule has 0 atom stereocenters. The first-order valence-electron chi connectivity index (χ1n) is 10.2. The van der Waals surface area contributed by atoms with Gasteiger partial charge in [0.1, 0.15) is 5.75 Å². The summed E-state index contributed by atoms with van der Waals surface area (Å²) in [5.74, 6) is -0.639. The average Bonchev–Trinajstić information content (AvgIpc) is 3.29. The van der Waals surface area contributed by atoms with Crippen molar-refractivity contribution in [1.29, 1.82) is 0 Å². The van der Waals surface area contributed by atoms with E-state index in [1.165, 1.54) is 6.07 Å². The highest BCUT2D eigenvalue weighted by Gasteiger charge is 2.10. The number of nitrogens with one attached hydrogen (secondary N) is 1. The number of carbonyl (C=O) groups is 1. The van der Waals surface area contributed by atoms with Crippen LogP contribution >= 0.6 is 22.9 Å². The van der Waals surface area contributed by atoms with Gasteiger partial charge in [0.05, 0.1) is 10.6 Å². The number of H-pyrrole nitrogens is 1. The molecule has 2 N–H and O–H groups in total. The second-order valence-corrected chi connectivity index (χ2v) is 8.87. The maximum Gasteiger partial charge on any atom is 0.336 e. The second kappa shape index (κ2) is 9.90. The van der Waals surface area contributed by atoms with E-state index in [1.807, 2.05) is 43.3 Å². The highest BCUT2D eigenvalue weighted by Crippen LogP contribution is 2.37. The van der Waals surface area contributed by atoms with Crippen molar-refractivity contribution in [2.45, 2.75) is 13.8 Å². The smallest absolute Gasteiger partial charge is 0.336 e. The summed E-state index contributed by atoms with van der Waals surface area (Å²) in [4.78, 5) is 21.1. The molecule has 7 heteroatoms. The van der Waals surface area contributed by atoms with Crippen molar-refractivity contribution in [3.05, 3.63) is 101 Å². The number of hydrogen-bond donors (Lipinski definition) is 2. The number of aromatic amines is 1. The molecule has 33 heavy (non-hydrogen) atoms. The lowest BCUT2D eigenvalue weighted by Gasteiger charge is -2.06. The number of aromatic nitrogens is 2. The van der Waals surface area contributed by atoms with E-state index in [9.17, 15) is 9.90 Å². The summed E-state index contributed by atoms with van der Waals surface area (Å²) >= 11 is 8.31. The summed E-state index contributed by atoms with van der Waals surface area (Å²) in [5.41, 5.74) is 3.56. The third kappa shape index (κ3) is 5.42. The fourth-order valence-corrected chi connectivity index (χ4v) is 4.70. The molecule has 0 aliphatic heterocycles. The van der Waals surface area contributed by atoms with Crippen molar-refractivity contribution in [2.24, 2.45) is 0 Å². The molecule has 0 saturated heterocycles. The minimum absolute atomic E-state index is 0.179. The van der Waals surface area contributed by atoms with Crippen LogP contribution in [-0.2, 0) is 0 Å². The Morgan fingerprint density at radius 2 is 1.76 bits per heavy atom. The standard InChI is InChI=1S/C26H21ClN2O3S/c1-16-8-9-19(15-21(16)25(30)31)32-26-28-13-12-20(22(27)14-17(2)29-26)24-11-10-23(33-24)18-6-4-3-5-7-18/h3-15H,1-2H3,(H,28,29)(H,30,31). The Labute approximate surface area is 200 Å². The van der Waals surface area contributed by atoms with Crippen LogP contribution in [0.3, 0.4) is 0 Å². The molecule has 0 spiro atoms. The number of rotatable bonds is 5. The fourth-order valence-electron chi connectivity index (χ4n) is 3.26. The number of nitrogens with zero attached hydrogens (tertiary/aromatic N) is 1. The van der Waals surface area contributed by atoms with Gasteiger partial charge >= 0.3 is 5.97 Å². The van der Waals surface area contributed by atoms with Crippen LogP contribution in [0.15, 0.2) is 79.0 Å². The molecule has 2 aromatic carbocycles. The van der Waals surface area contributed by atoms with Gasteiger partial charge in [-0.25, -0.2) is 9.78 Å². The lowest BCUT2D eigenvalue weighted by atomic mass is 10.1. The zero-order valence-electron chi connectivity index (χ0n) is 18.0. The first kappa shape index (κ1) is 22.6. The second-order valence-electron chi connectivity index (χ2n) is 7.38. The third-order valence-electron chi connectivity index (χ3n) is 4.92. The molecular formula is C26H21ClN2O3S. The molecule has 5 nitrogen and oxygen atoms in total. The van der Waals surface area contributed by atoms with Crippen molar-refractivity contribution in [2.75, 3.05) is 0 Å². The number of aromatic carboxylic acids is 1. The quantitative estimate of drug-likeness (QED) is 0.309. The van der Waals surface area contributed by atoms with Crippen LogP contribution in [-0.4, -0.2) is 21.0 Å². The molecule has 0 unspecified atom stereocenters. The molecule has 2 aromatic heterocycles. The van der Waals surface area contributed by atoms with Crippen LogP contribution in [0.4, 0.5) is 0 Å². The third-order valence-corrected chi connectivity index (χ3v) is 6.40. The molecular weight excluding hydrogens is 456 g/mol. The van der Waals surface area contributed by atoms with Crippen molar-refractivity contribution >= 4 is 28.9 Å². The highest BCUT2D eigenvalue weighted by atomic mass is 35.5. The number of hydrogen-bond acceptors (Lipinski definition) is 4. The normalized spacial score (nSPS) is 10.5. The van der Waals surface area contributed by atoms with Gasteiger partial charge in [0.15, 0.2) is 0 Å². The Balaban J connectivity index is 1.70.